The normalized spacial score (nSPS) is 10.7. The maximum absolute atomic E-state index is 12.3. The first-order valence-corrected chi connectivity index (χ1v) is 7.51. The third-order valence-electron chi connectivity index (χ3n) is 3.44. The van der Waals surface area contributed by atoms with Gasteiger partial charge in [-0.15, -0.1) is 0 Å². The van der Waals surface area contributed by atoms with Gasteiger partial charge in [-0.05, 0) is 35.9 Å². The molecule has 3 aromatic rings. The summed E-state index contributed by atoms with van der Waals surface area (Å²) in [6.45, 7) is 0. The Bertz CT molecular complexity index is 923. The molecular formula is C17H13BrO5. The number of rotatable bonds is 3. The van der Waals surface area contributed by atoms with Gasteiger partial charge in [0.25, 0.3) is 0 Å². The first-order valence-electron chi connectivity index (χ1n) is 6.71. The van der Waals surface area contributed by atoms with E-state index in [1.54, 1.807) is 30.3 Å². The molecule has 0 saturated carbocycles. The number of hydrogen-bond donors (Lipinski definition) is 1. The number of ether oxygens (including phenoxy) is 2. The van der Waals surface area contributed by atoms with Crippen LogP contribution in [0.1, 0.15) is 0 Å². The van der Waals surface area contributed by atoms with Crippen molar-refractivity contribution in [3.05, 3.63) is 51.3 Å². The third kappa shape index (κ3) is 2.90. The molecule has 0 aliphatic rings. The maximum Gasteiger partial charge on any atom is 0.344 e. The van der Waals surface area contributed by atoms with Crippen molar-refractivity contribution in [3.8, 4) is 28.4 Å². The molecule has 0 radical (unpaired) electrons. The fourth-order valence-corrected chi connectivity index (χ4v) is 2.81. The Balaban J connectivity index is 2.28. The van der Waals surface area contributed by atoms with Crippen molar-refractivity contribution in [3.63, 3.8) is 0 Å². The topological polar surface area (TPSA) is 68.9 Å². The van der Waals surface area contributed by atoms with Crippen LogP contribution in [0.5, 0.6) is 17.2 Å². The minimum Gasteiger partial charge on any atom is -0.504 e. The zero-order valence-electron chi connectivity index (χ0n) is 12.4. The van der Waals surface area contributed by atoms with Crippen molar-refractivity contribution in [1.82, 2.24) is 0 Å². The SMILES string of the molecule is COc1cc(OC)cc(-c2cc3cc(Br)cc(O)c3oc2=O)c1. The third-order valence-corrected chi connectivity index (χ3v) is 3.90. The highest BCUT2D eigenvalue weighted by molar-refractivity contribution is 9.10. The summed E-state index contributed by atoms with van der Waals surface area (Å²) in [6, 6.07) is 10.1. The van der Waals surface area contributed by atoms with Crippen molar-refractivity contribution in [2.75, 3.05) is 14.2 Å². The highest BCUT2D eigenvalue weighted by atomic mass is 79.9. The number of phenols is 1. The molecule has 0 unspecified atom stereocenters. The van der Waals surface area contributed by atoms with Crippen LogP contribution in [0.3, 0.4) is 0 Å². The van der Waals surface area contributed by atoms with Crippen LogP contribution in [0.2, 0.25) is 0 Å². The van der Waals surface area contributed by atoms with E-state index >= 15 is 0 Å². The Morgan fingerprint density at radius 1 is 1.00 bits per heavy atom. The molecule has 0 saturated heterocycles. The highest BCUT2D eigenvalue weighted by Crippen LogP contribution is 2.33. The Morgan fingerprint density at radius 2 is 1.65 bits per heavy atom. The van der Waals surface area contributed by atoms with E-state index < -0.39 is 5.63 Å². The van der Waals surface area contributed by atoms with Gasteiger partial charge in [0, 0.05) is 15.9 Å². The Morgan fingerprint density at radius 3 is 2.26 bits per heavy atom. The lowest BCUT2D eigenvalue weighted by molar-refractivity contribution is 0.394. The second-order valence-electron chi connectivity index (χ2n) is 4.89. The molecule has 0 spiro atoms. The van der Waals surface area contributed by atoms with E-state index in [2.05, 4.69) is 15.9 Å². The van der Waals surface area contributed by atoms with Gasteiger partial charge < -0.3 is 19.0 Å². The molecule has 2 aromatic carbocycles. The van der Waals surface area contributed by atoms with Gasteiger partial charge >= 0.3 is 5.63 Å². The zero-order valence-corrected chi connectivity index (χ0v) is 14.0. The van der Waals surface area contributed by atoms with Crippen LogP contribution in [0, 0.1) is 0 Å². The van der Waals surface area contributed by atoms with Crippen LogP contribution in [0.15, 0.2) is 50.1 Å². The molecule has 0 aliphatic heterocycles. The first kappa shape index (κ1) is 15.4. The van der Waals surface area contributed by atoms with Gasteiger partial charge in [-0.1, -0.05) is 15.9 Å². The molecular weight excluding hydrogens is 364 g/mol. The molecule has 23 heavy (non-hydrogen) atoms. The number of fused-ring (bicyclic) bond motifs is 1. The lowest BCUT2D eigenvalue weighted by atomic mass is 10.0. The van der Waals surface area contributed by atoms with Crippen LogP contribution in [-0.4, -0.2) is 19.3 Å². The fraction of sp³-hybridized carbons (Fsp3) is 0.118. The number of hydrogen-bond acceptors (Lipinski definition) is 5. The Labute approximate surface area is 140 Å². The Kier molecular flexibility index (Phi) is 4.00. The van der Waals surface area contributed by atoms with Gasteiger partial charge in [0.05, 0.1) is 19.8 Å². The monoisotopic (exact) mass is 376 g/mol. The lowest BCUT2D eigenvalue weighted by Crippen LogP contribution is -2.03. The average Bonchev–Trinajstić information content (AvgIpc) is 2.54. The van der Waals surface area contributed by atoms with Crippen molar-refractivity contribution in [2.24, 2.45) is 0 Å². The summed E-state index contributed by atoms with van der Waals surface area (Å²) in [5, 5.41) is 10.5. The minimum absolute atomic E-state index is 0.0961. The highest BCUT2D eigenvalue weighted by Gasteiger charge is 2.13. The molecule has 6 heteroatoms. The molecule has 0 atom stereocenters. The maximum atomic E-state index is 12.3. The van der Waals surface area contributed by atoms with Crippen molar-refractivity contribution < 1.29 is 19.0 Å². The van der Waals surface area contributed by atoms with Crippen molar-refractivity contribution in [2.45, 2.75) is 0 Å². The molecule has 0 aliphatic carbocycles. The molecule has 0 bridgehead atoms. The summed E-state index contributed by atoms with van der Waals surface area (Å²) >= 11 is 3.31. The lowest BCUT2D eigenvalue weighted by Gasteiger charge is -2.09. The molecule has 0 amide bonds. The van der Waals surface area contributed by atoms with Gasteiger partial charge in [-0.3, -0.25) is 0 Å². The molecule has 1 aromatic heterocycles. The number of halogens is 1. The molecule has 1 N–H and O–H groups in total. The largest absolute Gasteiger partial charge is 0.504 e. The van der Waals surface area contributed by atoms with Crippen LogP contribution in [0.25, 0.3) is 22.1 Å². The van der Waals surface area contributed by atoms with Crippen LogP contribution < -0.4 is 15.1 Å². The van der Waals surface area contributed by atoms with E-state index in [0.717, 1.165) is 0 Å². The van der Waals surface area contributed by atoms with Crippen LogP contribution in [-0.2, 0) is 0 Å². The summed E-state index contributed by atoms with van der Waals surface area (Å²) in [7, 11) is 3.08. The molecule has 0 fully saturated rings. The summed E-state index contributed by atoms with van der Waals surface area (Å²) in [6.07, 6.45) is 0. The summed E-state index contributed by atoms with van der Waals surface area (Å²) in [5.41, 5.74) is 0.561. The quantitative estimate of drug-likeness (QED) is 0.701. The summed E-state index contributed by atoms with van der Waals surface area (Å²) < 4.78 is 16.4. The average molecular weight is 377 g/mol. The van der Waals surface area contributed by atoms with E-state index in [9.17, 15) is 9.90 Å². The van der Waals surface area contributed by atoms with Crippen molar-refractivity contribution in [1.29, 1.82) is 0 Å². The second-order valence-corrected chi connectivity index (χ2v) is 5.81. The minimum atomic E-state index is -0.551. The fourth-order valence-electron chi connectivity index (χ4n) is 2.34. The molecule has 5 nitrogen and oxygen atoms in total. The first-order chi connectivity index (χ1) is 11.0. The van der Waals surface area contributed by atoms with E-state index in [0.29, 0.717) is 32.5 Å². The number of aromatic hydroxyl groups is 1. The molecule has 118 valence electrons. The predicted octanol–water partition coefficient (Wildman–Crippen LogP) is 3.95. The second kappa shape index (κ2) is 5.96. The molecule has 1 heterocycles. The zero-order chi connectivity index (χ0) is 16.6. The Hall–Kier alpha value is -2.47. The number of methoxy groups -OCH3 is 2. The van der Waals surface area contributed by atoms with Crippen molar-refractivity contribution >= 4 is 26.9 Å². The van der Waals surface area contributed by atoms with Gasteiger partial charge in [0.15, 0.2) is 11.3 Å². The smallest absolute Gasteiger partial charge is 0.344 e. The van der Waals surface area contributed by atoms with E-state index in [-0.39, 0.29) is 11.3 Å². The van der Waals surface area contributed by atoms with Crippen LogP contribution >= 0.6 is 15.9 Å². The molecule has 3 rings (SSSR count). The number of phenolic OH excluding ortho intramolecular Hbond substituents is 1. The van der Waals surface area contributed by atoms with E-state index in [4.69, 9.17) is 13.9 Å². The van der Waals surface area contributed by atoms with E-state index in [1.165, 1.54) is 20.3 Å². The van der Waals surface area contributed by atoms with Gasteiger partial charge in [0.1, 0.15) is 11.5 Å². The number of benzene rings is 2. The van der Waals surface area contributed by atoms with Gasteiger partial charge in [0.2, 0.25) is 0 Å². The van der Waals surface area contributed by atoms with Gasteiger partial charge in [-0.2, -0.15) is 0 Å². The summed E-state index contributed by atoms with van der Waals surface area (Å²) in [5.74, 6) is 1.04. The van der Waals surface area contributed by atoms with E-state index in [1.807, 2.05) is 0 Å². The van der Waals surface area contributed by atoms with Gasteiger partial charge in [-0.25, -0.2) is 4.79 Å². The standard InChI is InChI=1S/C17H13BrO5/c1-21-12-4-9(5-13(8-12)22-2)14-6-10-3-11(18)7-15(19)16(10)23-17(14)20/h3-8,19H,1-2H3. The summed E-state index contributed by atoms with van der Waals surface area (Å²) in [4.78, 5) is 12.3. The predicted molar refractivity (Wildman–Crippen MR) is 90.4 cm³/mol. The van der Waals surface area contributed by atoms with Crippen LogP contribution in [0.4, 0.5) is 0 Å².